The van der Waals surface area contributed by atoms with Crippen LogP contribution in [0.1, 0.15) is 24.2 Å². The van der Waals surface area contributed by atoms with Crippen molar-refractivity contribution in [3.8, 4) is 0 Å². The Morgan fingerprint density at radius 2 is 1.88 bits per heavy atom. The number of guanidine groups is 1. The van der Waals surface area contributed by atoms with Crippen molar-refractivity contribution in [2.75, 3.05) is 26.8 Å². The molecule has 0 bridgehead atoms. The van der Waals surface area contributed by atoms with Crippen molar-refractivity contribution in [3.05, 3.63) is 60.1 Å². The lowest BCUT2D eigenvalue weighted by atomic mass is 10.2. The van der Waals surface area contributed by atoms with Gasteiger partial charge in [0.25, 0.3) is 0 Å². The predicted octanol–water partition coefficient (Wildman–Crippen LogP) is 3.60. The second-order valence-corrected chi connectivity index (χ2v) is 5.49. The molecular formula is C19H28IN3O2. The van der Waals surface area contributed by atoms with Gasteiger partial charge in [0.1, 0.15) is 5.76 Å². The molecule has 0 atom stereocenters. The molecule has 0 spiro atoms. The quantitative estimate of drug-likeness (QED) is 0.248. The van der Waals surface area contributed by atoms with Gasteiger partial charge in [-0.15, -0.1) is 24.0 Å². The largest absolute Gasteiger partial charge is 0.467 e. The number of hydrogen-bond donors (Lipinski definition) is 2. The lowest BCUT2D eigenvalue weighted by molar-refractivity contribution is 0.133. The van der Waals surface area contributed by atoms with Crippen molar-refractivity contribution in [3.63, 3.8) is 0 Å². The monoisotopic (exact) mass is 457 g/mol. The van der Waals surface area contributed by atoms with Crippen LogP contribution in [0.25, 0.3) is 0 Å². The molecule has 1 aromatic carbocycles. The highest BCUT2D eigenvalue weighted by Gasteiger charge is 1.99. The van der Waals surface area contributed by atoms with E-state index in [2.05, 4.69) is 39.9 Å². The maximum atomic E-state index is 5.68. The zero-order valence-electron chi connectivity index (χ0n) is 14.7. The lowest BCUT2D eigenvalue weighted by Gasteiger charge is -2.11. The number of unbranched alkanes of at least 4 members (excludes halogenated alkanes) is 1. The third kappa shape index (κ3) is 9.50. The summed E-state index contributed by atoms with van der Waals surface area (Å²) in [6, 6.07) is 14.2. The molecule has 1 aromatic heterocycles. The van der Waals surface area contributed by atoms with E-state index in [1.54, 1.807) is 13.3 Å². The second kappa shape index (κ2) is 13.7. The number of nitrogens with one attached hydrogen (secondary N) is 2. The minimum atomic E-state index is 0. The number of hydrogen-bond acceptors (Lipinski definition) is 3. The van der Waals surface area contributed by atoms with Gasteiger partial charge in [-0.25, -0.2) is 0 Å². The normalized spacial score (nSPS) is 11.0. The average molecular weight is 457 g/mol. The summed E-state index contributed by atoms with van der Waals surface area (Å²) in [5, 5.41) is 6.51. The standard InChI is InChI=1S/C19H27N3O2.HI/c1-20-19(22-16-18-10-7-14-24-18)21-12-5-6-13-23-15-11-17-8-3-2-4-9-17;/h2-4,7-10,14H,5-6,11-13,15-16H2,1H3,(H2,20,21,22);1H. The molecule has 5 nitrogen and oxygen atoms in total. The number of halogens is 1. The van der Waals surface area contributed by atoms with E-state index in [1.807, 2.05) is 18.2 Å². The molecule has 25 heavy (non-hydrogen) atoms. The highest BCUT2D eigenvalue weighted by atomic mass is 127. The zero-order valence-corrected chi connectivity index (χ0v) is 17.1. The van der Waals surface area contributed by atoms with Gasteiger partial charge in [-0.2, -0.15) is 0 Å². The van der Waals surface area contributed by atoms with Crippen LogP contribution in [0.2, 0.25) is 0 Å². The third-order valence-corrected chi connectivity index (χ3v) is 3.62. The van der Waals surface area contributed by atoms with E-state index in [4.69, 9.17) is 9.15 Å². The zero-order chi connectivity index (χ0) is 16.9. The summed E-state index contributed by atoms with van der Waals surface area (Å²) >= 11 is 0. The SMILES string of the molecule is CN=C(NCCCCOCCc1ccccc1)NCc1ccco1.I. The molecule has 2 aromatic rings. The summed E-state index contributed by atoms with van der Waals surface area (Å²) in [5.41, 5.74) is 1.32. The summed E-state index contributed by atoms with van der Waals surface area (Å²) in [4.78, 5) is 4.19. The molecule has 0 amide bonds. The fourth-order valence-electron chi connectivity index (χ4n) is 2.28. The summed E-state index contributed by atoms with van der Waals surface area (Å²) in [6.45, 7) is 3.09. The topological polar surface area (TPSA) is 58.8 Å². The number of aliphatic imine (C=N–C) groups is 1. The van der Waals surface area contributed by atoms with Gasteiger partial charge >= 0.3 is 0 Å². The Morgan fingerprint density at radius 3 is 2.60 bits per heavy atom. The minimum absolute atomic E-state index is 0. The Morgan fingerprint density at radius 1 is 1.04 bits per heavy atom. The molecule has 2 rings (SSSR count). The molecule has 0 radical (unpaired) electrons. The number of benzene rings is 1. The molecule has 0 aliphatic carbocycles. The predicted molar refractivity (Wildman–Crippen MR) is 113 cm³/mol. The smallest absolute Gasteiger partial charge is 0.191 e. The molecule has 0 unspecified atom stereocenters. The van der Waals surface area contributed by atoms with Gasteiger partial charge in [0.2, 0.25) is 0 Å². The highest BCUT2D eigenvalue weighted by Crippen LogP contribution is 2.00. The van der Waals surface area contributed by atoms with E-state index in [1.165, 1.54) is 5.56 Å². The van der Waals surface area contributed by atoms with Gasteiger partial charge in [-0.05, 0) is 37.0 Å². The number of ether oxygens (including phenoxy) is 1. The van der Waals surface area contributed by atoms with Crippen LogP contribution in [0.15, 0.2) is 58.1 Å². The molecule has 6 heteroatoms. The van der Waals surface area contributed by atoms with Gasteiger partial charge in [-0.3, -0.25) is 4.99 Å². The molecule has 0 fully saturated rings. The first-order chi connectivity index (χ1) is 11.9. The van der Waals surface area contributed by atoms with Gasteiger partial charge < -0.3 is 19.8 Å². The number of nitrogens with zero attached hydrogens (tertiary/aromatic N) is 1. The Hall–Kier alpha value is -1.54. The molecule has 0 saturated carbocycles. The number of furan rings is 1. The maximum absolute atomic E-state index is 5.68. The van der Waals surface area contributed by atoms with Crippen molar-refractivity contribution in [2.24, 2.45) is 4.99 Å². The van der Waals surface area contributed by atoms with Crippen LogP contribution in [0.3, 0.4) is 0 Å². The van der Waals surface area contributed by atoms with E-state index in [-0.39, 0.29) is 24.0 Å². The van der Waals surface area contributed by atoms with Crippen LogP contribution in [0.4, 0.5) is 0 Å². The molecule has 0 aliphatic heterocycles. The third-order valence-electron chi connectivity index (χ3n) is 3.62. The van der Waals surface area contributed by atoms with Gasteiger partial charge in [0.05, 0.1) is 19.4 Å². The second-order valence-electron chi connectivity index (χ2n) is 5.49. The van der Waals surface area contributed by atoms with Crippen LogP contribution in [-0.2, 0) is 17.7 Å². The number of rotatable bonds is 10. The Balaban J connectivity index is 0.00000312. The minimum Gasteiger partial charge on any atom is -0.467 e. The first-order valence-corrected chi connectivity index (χ1v) is 8.47. The maximum Gasteiger partial charge on any atom is 0.191 e. The summed E-state index contributed by atoms with van der Waals surface area (Å²) in [7, 11) is 1.77. The Kier molecular flexibility index (Phi) is 11.8. The molecule has 2 N–H and O–H groups in total. The Bertz CT molecular complexity index is 574. The van der Waals surface area contributed by atoms with Gasteiger partial charge in [-0.1, -0.05) is 30.3 Å². The molecular weight excluding hydrogens is 429 g/mol. The summed E-state index contributed by atoms with van der Waals surface area (Å²) < 4.78 is 11.0. The van der Waals surface area contributed by atoms with Crippen molar-refractivity contribution in [1.29, 1.82) is 0 Å². The van der Waals surface area contributed by atoms with Crippen molar-refractivity contribution < 1.29 is 9.15 Å². The van der Waals surface area contributed by atoms with Crippen molar-refractivity contribution in [1.82, 2.24) is 10.6 Å². The Labute approximate surface area is 167 Å². The van der Waals surface area contributed by atoms with Crippen molar-refractivity contribution >= 4 is 29.9 Å². The van der Waals surface area contributed by atoms with Crippen molar-refractivity contribution in [2.45, 2.75) is 25.8 Å². The fourth-order valence-corrected chi connectivity index (χ4v) is 2.28. The van der Waals surface area contributed by atoms with E-state index in [0.717, 1.165) is 50.7 Å². The van der Waals surface area contributed by atoms with E-state index < -0.39 is 0 Å². The van der Waals surface area contributed by atoms with Gasteiger partial charge in [0.15, 0.2) is 5.96 Å². The summed E-state index contributed by atoms with van der Waals surface area (Å²) in [6.07, 6.45) is 4.73. The van der Waals surface area contributed by atoms with Crippen LogP contribution in [-0.4, -0.2) is 32.8 Å². The lowest BCUT2D eigenvalue weighted by Crippen LogP contribution is -2.37. The fraction of sp³-hybridized carbons (Fsp3) is 0.421. The average Bonchev–Trinajstić information content (AvgIpc) is 3.14. The van der Waals surface area contributed by atoms with Crippen LogP contribution in [0, 0.1) is 0 Å². The first kappa shape index (κ1) is 21.5. The van der Waals surface area contributed by atoms with E-state index in [9.17, 15) is 0 Å². The van der Waals surface area contributed by atoms with Crippen LogP contribution >= 0.6 is 24.0 Å². The molecule has 1 heterocycles. The molecule has 138 valence electrons. The van der Waals surface area contributed by atoms with E-state index in [0.29, 0.717) is 6.54 Å². The molecule has 0 saturated heterocycles. The molecule has 0 aliphatic rings. The van der Waals surface area contributed by atoms with Gasteiger partial charge in [0, 0.05) is 20.2 Å². The van der Waals surface area contributed by atoms with E-state index >= 15 is 0 Å². The summed E-state index contributed by atoms with van der Waals surface area (Å²) in [5.74, 6) is 1.68. The van der Waals surface area contributed by atoms with Crippen LogP contribution < -0.4 is 10.6 Å². The van der Waals surface area contributed by atoms with Crippen LogP contribution in [0.5, 0.6) is 0 Å². The highest BCUT2D eigenvalue weighted by molar-refractivity contribution is 14.0. The first-order valence-electron chi connectivity index (χ1n) is 8.47.